The van der Waals surface area contributed by atoms with E-state index in [1.807, 2.05) is 0 Å². The standard InChI is InChI=1S/C9H4ClFN2O2S/c10-16(14,15)8-4-13-9-5(3-12)1-6(11)2-7(8)9/h1-2,4,13H. The van der Waals surface area contributed by atoms with E-state index in [-0.39, 0.29) is 21.4 Å². The zero-order valence-corrected chi connectivity index (χ0v) is 9.23. The first-order chi connectivity index (χ1) is 7.43. The molecule has 0 aliphatic rings. The van der Waals surface area contributed by atoms with E-state index >= 15 is 0 Å². The molecule has 0 amide bonds. The van der Waals surface area contributed by atoms with Crippen molar-refractivity contribution in [3.8, 4) is 6.07 Å². The second kappa shape index (κ2) is 3.47. The van der Waals surface area contributed by atoms with Crippen LogP contribution in [-0.4, -0.2) is 13.4 Å². The molecule has 2 rings (SSSR count). The molecule has 2 aromatic rings. The lowest BCUT2D eigenvalue weighted by Crippen LogP contribution is -1.89. The number of hydrogen-bond donors (Lipinski definition) is 1. The summed E-state index contributed by atoms with van der Waals surface area (Å²) >= 11 is 0. The Morgan fingerprint density at radius 3 is 2.69 bits per heavy atom. The zero-order chi connectivity index (χ0) is 11.9. The molecular weight excluding hydrogens is 255 g/mol. The average Bonchev–Trinajstić information content (AvgIpc) is 2.58. The third-order valence-electron chi connectivity index (χ3n) is 2.10. The molecule has 0 atom stereocenters. The van der Waals surface area contributed by atoms with Crippen molar-refractivity contribution in [3.63, 3.8) is 0 Å². The number of halogens is 2. The van der Waals surface area contributed by atoms with Gasteiger partial charge in [-0.25, -0.2) is 12.8 Å². The van der Waals surface area contributed by atoms with Crippen LogP contribution >= 0.6 is 10.7 Å². The Morgan fingerprint density at radius 2 is 2.12 bits per heavy atom. The molecule has 0 saturated carbocycles. The molecule has 0 fully saturated rings. The predicted molar refractivity (Wildman–Crippen MR) is 56.0 cm³/mol. The lowest BCUT2D eigenvalue weighted by molar-refractivity contribution is 0.610. The first kappa shape index (κ1) is 10.9. The van der Waals surface area contributed by atoms with Crippen molar-refractivity contribution in [2.75, 3.05) is 0 Å². The highest BCUT2D eigenvalue weighted by atomic mass is 35.7. The number of H-pyrrole nitrogens is 1. The molecule has 4 nitrogen and oxygen atoms in total. The third-order valence-corrected chi connectivity index (χ3v) is 3.46. The Kier molecular flexibility index (Phi) is 2.37. The number of benzene rings is 1. The topological polar surface area (TPSA) is 73.7 Å². The maximum Gasteiger partial charge on any atom is 0.263 e. The first-order valence-electron chi connectivity index (χ1n) is 4.09. The molecule has 1 N–H and O–H groups in total. The van der Waals surface area contributed by atoms with E-state index in [2.05, 4.69) is 4.98 Å². The minimum absolute atomic E-state index is 0.0292. The van der Waals surface area contributed by atoms with Gasteiger partial charge in [0, 0.05) is 22.3 Å². The molecule has 0 radical (unpaired) electrons. The summed E-state index contributed by atoms with van der Waals surface area (Å²) in [4.78, 5) is 2.35. The second-order valence-electron chi connectivity index (χ2n) is 3.08. The molecule has 7 heteroatoms. The van der Waals surface area contributed by atoms with Gasteiger partial charge in [-0.2, -0.15) is 5.26 Å². The fourth-order valence-electron chi connectivity index (χ4n) is 1.46. The summed E-state index contributed by atoms with van der Waals surface area (Å²) in [5, 5.41) is 8.83. The quantitative estimate of drug-likeness (QED) is 0.796. The van der Waals surface area contributed by atoms with Crippen molar-refractivity contribution in [1.82, 2.24) is 4.98 Å². The molecular formula is C9H4ClFN2O2S. The maximum atomic E-state index is 13.1. The monoisotopic (exact) mass is 258 g/mol. The number of fused-ring (bicyclic) bond motifs is 1. The number of aromatic amines is 1. The summed E-state index contributed by atoms with van der Waals surface area (Å²) in [6.07, 6.45) is 1.13. The third kappa shape index (κ3) is 1.64. The number of rotatable bonds is 1. The molecule has 1 aromatic heterocycles. The van der Waals surface area contributed by atoms with Crippen LogP contribution in [0, 0.1) is 17.1 Å². The average molecular weight is 259 g/mol. The first-order valence-corrected chi connectivity index (χ1v) is 6.40. The van der Waals surface area contributed by atoms with Crippen LogP contribution in [0.1, 0.15) is 5.56 Å². The Morgan fingerprint density at radius 1 is 1.44 bits per heavy atom. The number of aromatic nitrogens is 1. The van der Waals surface area contributed by atoms with Gasteiger partial charge in [-0.1, -0.05) is 0 Å². The van der Waals surface area contributed by atoms with Crippen molar-refractivity contribution < 1.29 is 12.8 Å². The fourth-order valence-corrected chi connectivity index (χ4v) is 2.47. The Balaban J connectivity index is 2.95. The van der Waals surface area contributed by atoms with Gasteiger partial charge in [-0.15, -0.1) is 0 Å². The van der Waals surface area contributed by atoms with Crippen molar-refractivity contribution in [2.24, 2.45) is 0 Å². The van der Waals surface area contributed by atoms with E-state index in [0.717, 1.165) is 18.3 Å². The molecule has 0 bridgehead atoms. The van der Waals surface area contributed by atoms with Gasteiger partial charge in [0.15, 0.2) is 0 Å². The van der Waals surface area contributed by atoms with Crippen molar-refractivity contribution in [3.05, 3.63) is 29.7 Å². The van der Waals surface area contributed by atoms with Gasteiger partial charge in [-0.05, 0) is 12.1 Å². The molecule has 0 spiro atoms. The Labute approximate surface area is 94.7 Å². The molecule has 82 valence electrons. The highest BCUT2D eigenvalue weighted by Crippen LogP contribution is 2.28. The second-order valence-corrected chi connectivity index (χ2v) is 5.61. The smallest absolute Gasteiger partial charge is 0.263 e. The van der Waals surface area contributed by atoms with E-state index < -0.39 is 14.9 Å². The van der Waals surface area contributed by atoms with Gasteiger partial charge in [0.2, 0.25) is 0 Å². The summed E-state index contributed by atoms with van der Waals surface area (Å²) in [7, 11) is 1.21. The van der Waals surface area contributed by atoms with Crippen LogP contribution in [0.5, 0.6) is 0 Å². The lowest BCUT2D eigenvalue weighted by Gasteiger charge is -1.96. The molecule has 0 aliphatic heterocycles. The number of hydrogen-bond acceptors (Lipinski definition) is 3. The molecule has 0 saturated heterocycles. The highest BCUT2D eigenvalue weighted by Gasteiger charge is 2.18. The minimum Gasteiger partial charge on any atom is -0.359 e. The van der Waals surface area contributed by atoms with Gasteiger partial charge in [0.05, 0.1) is 11.1 Å². The summed E-state index contributed by atoms with van der Waals surface area (Å²) < 4.78 is 35.4. The number of nitrogens with zero attached hydrogens (tertiary/aromatic N) is 1. The van der Waals surface area contributed by atoms with Crippen LogP contribution in [-0.2, 0) is 9.05 Å². The minimum atomic E-state index is -3.96. The highest BCUT2D eigenvalue weighted by molar-refractivity contribution is 8.14. The molecule has 16 heavy (non-hydrogen) atoms. The van der Waals surface area contributed by atoms with Gasteiger partial charge in [0.25, 0.3) is 9.05 Å². The van der Waals surface area contributed by atoms with Crippen molar-refractivity contribution in [1.29, 1.82) is 5.26 Å². The molecule has 1 aromatic carbocycles. The number of nitriles is 1. The molecule has 0 unspecified atom stereocenters. The van der Waals surface area contributed by atoms with Crippen LogP contribution < -0.4 is 0 Å². The number of nitrogens with one attached hydrogen (secondary N) is 1. The largest absolute Gasteiger partial charge is 0.359 e. The van der Waals surface area contributed by atoms with E-state index in [4.69, 9.17) is 15.9 Å². The van der Waals surface area contributed by atoms with Crippen molar-refractivity contribution in [2.45, 2.75) is 4.90 Å². The van der Waals surface area contributed by atoms with E-state index in [0.29, 0.717) is 0 Å². The van der Waals surface area contributed by atoms with Crippen LogP contribution in [0.4, 0.5) is 4.39 Å². The summed E-state index contributed by atoms with van der Waals surface area (Å²) in [6, 6.07) is 3.80. The van der Waals surface area contributed by atoms with Gasteiger partial charge in [0.1, 0.15) is 16.8 Å². The predicted octanol–water partition coefficient (Wildman–Crippen LogP) is 2.11. The van der Waals surface area contributed by atoms with E-state index in [1.165, 1.54) is 0 Å². The zero-order valence-electron chi connectivity index (χ0n) is 7.66. The summed E-state index contributed by atoms with van der Waals surface area (Å²) in [6.45, 7) is 0. The maximum absolute atomic E-state index is 13.1. The Hall–Kier alpha value is -1.58. The summed E-state index contributed by atoms with van der Waals surface area (Å²) in [5.41, 5.74) is 0.282. The van der Waals surface area contributed by atoms with Gasteiger partial charge < -0.3 is 4.98 Å². The fraction of sp³-hybridized carbons (Fsp3) is 0. The molecule has 1 heterocycles. The van der Waals surface area contributed by atoms with E-state index in [1.54, 1.807) is 6.07 Å². The van der Waals surface area contributed by atoms with Gasteiger partial charge >= 0.3 is 0 Å². The SMILES string of the molecule is N#Cc1cc(F)cc2c(S(=O)(=O)Cl)c[nH]c12. The molecule has 0 aliphatic carbocycles. The lowest BCUT2D eigenvalue weighted by atomic mass is 10.1. The van der Waals surface area contributed by atoms with E-state index in [9.17, 15) is 12.8 Å². The van der Waals surface area contributed by atoms with Gasteiger partial charge in [-0.3, -0.25) is 0 Å². The normalized spacial score (nSPS) is 11.6. The van der Waals surface area contributed by atoms with Crippen LogP contribution in [0.25, 0.3) is 10.9 Å². The summed E-state index contributed by atoms with van der Waals surface area (Å²) in [5.74, 6) is -0.690. The van der Waals surface area contributed by atoms with Crippen LogP contribution in [0.15, 0.2) is 23.2 Å². The van der Waals surface area contributed by atoms with Crippen molar-refractivity contribution >= 4 is 30.6 Å². The van der Waals surface area contributed by atoms with Crippen LogP contribution in [0.2, 0.25) is 0 Å². The Bertz CT molecular complexity index is 715. The van der Waals surface area contributed by atoms with Crippen LogP contribution in [0.3, 0.4) is 0 Å².